The summed E-state index contributed by atoms with van der Waals surface area (Å²) in [6.45, 7) is 0. The van der Waals surface area contributed by atoms with E-state index in [9.17, 15) is 0 Å². The first-order valence-electron chi connectivity index (χ1n) is 7.51. The second kappa shape index (κ2) is 5.56. The Balaban J connectivity index is 1.80. The first kappa shape index (κ1) is 14.0. The van der Waals surface area contributed by atoms with Gasteiger partial charge in [0.2, 0.25) is 0 Å². The lowest BCUT2D eigenvalue weighted by atomic mass is 10.0. The molecule has 112 valence electrons. The number of hydrogen-bond acceptors (Lipinski definition) is 2. The predicted molar refractivity (Wildman–Crippen MR) is 99.9 cm³/mol. The van der Waals surface area contributed by atoms with E-state index in [2.05, 4.69) is 35.2 Å². The summed E-state index contributed by atoms with van der Waals surface area (Å²) in [4.78, 5) is 6.92. The van der Waals surface area contributed by atoms with Gasteiger partial charge in [0.05, 0.1) is 11.4 Å². The highest BCUT2D eigenvalue weighted by Crippen LogP contribution is 2.38. The van der Waals surface area contributed by atoms with E-state index in [0.29, 0.717) is 0 Å². The van der Waals surface area contributed by atoms with Gasteiger partial charge in [-0.3, -0.25) is 0 Å². The normalized spacial score (nSPS) is 13.7. The van der Waals surface area contributed by atoms with Gasteiger partial charge in [-0.25, -0.2) is 4.99 Å². The molecule has 2 nitrogen and oxygen atoms in total. The van der Waals surface area contributed by atoms with Gasteiger partial charge < -0.3 is 4.90 Å². The van der Waals surface area contributed by atoms with Crippen LogP contribution in [0.3, 0.4) is 0 Å². The quantitative estimate of drug-likeness (QED) is 0.593. The van der Waals surface area contributed by atoms with Gasteiger partial charge in [0.25, 0.3) is 0 Å². The van der Waals surface area contributed by atoms with Crippen LogP contribution < -0.4 is 4.90 Å². The third-order valence-corrected chi connectivity index (χ3v) is 4.46. The Morgan fingerprint density at radius 2 is 1.70 bits per heavy atom. The van der Waals surface area contributed by atoms with Crippen LogP contribution in [0.1, 0.15) is 5.56 Å². The Kier molecular flexibility index (Phi) is 3.40. The van der Waals surface area contributed by atoms with Crippen molar-refractivity contribution in [1.82, 2.24) is 0 Å². The molecule has 0 fully saturated rings. The molecule has 0 atom stereocenters. The zero-order chi connectivity index (χ0) is 15.8. The maximum absolute atomic E-state index is 6.22. The predicted octanol–water partition coefficient (Wildman–Crippen LogP) is 5.69. The highest BCUT2D eigenvalue weighted by molar-refractivity contribution is 6.32. The minimum absolute atomic E-state index is 0.741. The Morgan fingerprint density at radius 3 is 2.52 bits per heavy atom. The number of nitrogens with zero attached hydrogens (tertiary/aromatic N) is 2. The van der Waals surface area contributed by atoms with E-state index in [1.807, 2.05) is 49.5 Å². The highest BCUT2D eigenvalue weighted by Gasteiger charge is 2.17. The fourth-order valence-corrected chi connectivity index (χ4v) is 3.12. The third kappa shape index (κ3) is 2.41. The first-order valence-corrected chi connectivity index (χ1v) is 7.88. The zero-order valence-electron chi connectivity index (χ0n) is 12.7. The van der Waals surface area contributed by atoms with Gasteiger partial charge in [-0.1, -0.05) is 54.1 Å². The smallest absolute Gasteiger partial charge is 0.133 e. The molecule has 3 aromatic carbocycles. The summed E-state index contributed by atoms with van der Waals surface area (Å²) in [6, 6.07) is 20.4. The number of benzene rings is 3. The molecule has 0 saturated carbocycles. The second-order valence-electron chi connectivity index (χ2n) is 5.54. The summed E-state index contributed by atoms with van der Waals surface area (Å²) in [5, 5.41) is 3.16. The molecule has 0 radical (unpaired) electrons. The van der Waals surface area contributed by atoms with Crippen molar-refractivity contribution < 1.29 is 0 Å². The molecule has 1 aliphatic heterocycles. The molecule has 0 amide bonds. The van der Waals surface area contributed by atoms with Crippen molar-refractivity contribution >= 4 is 45.7 Å². The van der Waals surface area contributed by atoms with E-state index in [4.69, 9.17) is 16.6 Å². The second-order valence-corrected chi connectivity index (χ2v) is 5.94. The van der Waals surface area contributed by atoms with E-state index >= 15 is 0 Å². The van der Waals surface area contributed by atoms with Gasteiger partial charge in [0.1, 0.15) is 5.84 Å². The van der Waals surface area contributed by atoms with Crippen LogP contribution in [-0.4, -0.2) is 12.9 Å². The van der Waals surface area contributed by atoms with Crippen LogP contribution in [0.4, 0.5) is 11.4 Å². The fraction of sp³-hybridized carbons (Fsp3) is 0.0500. The summed E-state index contributed by atoms with van der Waals surface area (Å²) in [5.74, 6) is 0.899. The van der Waals surface area contributed by atoms with E-state index in [-0.39, 0.29) is 0 Å². The fourth-order valence-electron chi connectivity index (χ4n) is 2.92. The molecule has 3 aromatic rings. The maximum Gasteiger partial charge on any atom is 0.133 e. The van der Waals surface area contributed by atoms with Gasteiger partial charge in [0, 0.05) is 17.5 Å². The van der Waals surface area contributed by atoms with E-state index in [1.54, 1.807) is 0 Å². The number of hydrogen-bond donors (Lipinski definition) is 0. The molecular formula is C20H15ClN2. The van der Waals surface area contributed by atoms with Gasteiger partial charge in [0.15, 0.2) is 0 Å². The molecule has 0 saturated heterocycles. The van der Waals surface area contributed by atoms with Crippen molar-refractivity contribution in [3.05, 3.63) is 77.3 Å². The van der Waals surface area contributed by atoms with E-state index in [1.165, 1.54) is 16.5 Å². The van der Waals surface area contributed by atoms with Crippen LogP contribution in [0, 0.1) is 0 Å². The van der Waals surface area contributed by atoms with Crippen molar-refractivity contribution in [3.63, 3.8) is 0 Å². The lowest BCUT2D eigenvalue weighted by Crippen LogP contribution is -2.26. The summed E-state index contributed by atoms with van der Waals surface area (Å²) in [6.07, 6.45) is 4.02. The van der Waals surface area contributed by atoms with E-state index < -0.39 is 0 Å². The number of likely N-dealkylation sites (N-methyl/N-ethyl adjacent to an activating group) is 1. The van der Waals surface area contributed by atoms with Gasteiger partial charge >= 0.3 is 0 Å². The Hall–Kier alpha value is -2.58. The topological polar surface area (TPSA) is 15.6 Å². The van der Waals surface area contributed by atoms with Gasteiger partial charge in [-0.05, 0) is 41.3 Å². The lowest BCUT2D eigenvalue weighted by Gasteiger charge is -2.26. The van der Waals surface area contributed by atoms with Crippen LogP contribution in [0.5, 0.6) is 0 Å². The molecule has 1 aliphatic rings. The SMILES string of the molecule is CN1C(/C=C/c2ccccc2Cl)=Nc2cccc3cccc1c23. The largest absolute Gasteiger partial charge is 0.329 e. The van der Waals surface area contributed by atoms with Crippen molar-refractivity contribution in [3.8, 4) is 0 Å². The van der Waals surface area contributed by atoms with Crippen molar-refractivity contribution in [2.75, 3.05) is 11.9 Å². The summed E-state index contributed by atoms with van der Waals surface area (Å²) in [5.41, 5.74) is 3.17. The number of halogens is 1. The molecule has 0 spiro atoms. The Morgan fingerprint density at radius 1 is 0.913 bits per heavy atom. The first-order chi connectivity index (χ1) is 11.2. The molecule has 0 unspecified atom stereocenters. The number of anilines is 1. The Bertz CT molecular complexity index is 952. The third-order valence-electron chi connectivity index (χ3n) is 4.12. The monoisotopic (exact) mass is 318 g/mol. The average molecular weight is 319 g/mol. The van der Waals surface area contributed by atoms with Gasteiger partial charge in [-0.2, -0.15) is 0 Å². The molecule has 4 rings (SSSR count). The zero-order valence-corrected chi connectivity index (χ0v) is 13.5. The minimum Gasteiger partial charge on any atom is -0.329 e. The van der Waals surface area contributed by atoms with Crippen LogP contribution >= 0.6 is 11.6 Å². The molecule has 23 heavy (non-hydrogen) atoms. The lowest BCUT2D eigenvalue weighted by molar-refractivity contribution is 1.25. The van der Waals surface area contributed by atoms with Crippen LogP contribution in [-0.2, 0) is 0 Å². The van der Waals surface area contributed by atoms with Crippen LogP contribution in [0.25, 0.3) is 16.8 Å². The molecular weight excluding hydrogens is 304 g/mol. The van der Waals surface area contributed by atoms with Crippen molar-refractivity contribution in [2.45, 2.75) is 0 Å². The van der Waals surface area contributed by atoms with Crippen LogP contribution in [0.15, 0.2) is 71.7 Å². The molecule has 3 heteroatoms. The molecule has 0 aromatic heterocycles. The molecule has 0 N–H and O–H groups in total. The Labute approximate surface area is 140 Å². The standard InChI is InChI=1S/C20H15ClN2/c1-23-18-11-5-8-15-7-4-10-17(20(15)18)22-19(23)13-12-14-6-2-3-9-16(14)21/h2-13H,1H3/b13-12+. The van der Waals surface area contributed by atoms with Crippen LogP contribution in [0.2, 0.25) is 5.02 Å². The van der Waals surface area contributed by atoms with Gasteiger partial charge in [-0.15, -0.1) is 0 Å². The summed E-state index contributed by atoms with van der Waals surface area (Å²) >= 11 is 6.22. The minimum atomic E-state index is 0.741. The number of aliphatic imine (C=N–C) groups is 1. The molecule has 0 aliphatic carbocycles. The number of amidine groups is 1. The average Bonchev–Trinajstić information content (AvgIpc) is 2.58. The summed E-state index contributed by atoms with van der Waals surface area (Å²) in [7, 11) is 2.04. The van der Waals surface area contributed by atoms with Crippen molar-refractivity contribution in [2.24, 2.45) is 4.99 Å². The molecule has 1 heterocycles. The number of rotatable bonds is 2. The van der Waals surface area contributed by atoms with Crippen molar-refractivity contribution in [1.29, 1.82) is 0 Å². The maximum atomic E-state index is 6.22. The van der Waals surface area contributed by atoms with E-state index in [0.717, 1.165) is 22.1 Å². The molecule has 0 bridgehead atoms. The highest BCUT2D eigenvalue weighted by atomic mass is 35.5. The summed E-state index contributed by atoms with van der Waals surface area (Å²) < 4.78 is 0.